The van der Waals surface area contributed by atoms with Gasteiger partial charge in [0.15, 0.2) is 6.10 Å². The van der Waals surface area contributed by atoms with Crippen molar-refractivity contribution < 1.29 is 24.0 Å². The van der Waals surface area contributed by atoms with Gasteiger partial charge < -0.3 is 4.74 Å². The zero-order chi connectivity index (χ0) is 23.8. The number of carbonyl (C=O) groups excluding carboxylic acids is 3. The van der Waals surface area contributed by atoms with E-state index in [2.05, 4.69) is 0 Å². The van der Waals surface area contributed by atoms with E-state index < -0.39 is 29.9 Å². The quantitative estimate of drug-likeness (QED) is 0.423. The van der Waals surface area contributed by atoms with Gasteiger partial charge in [0, 0.05) is 0 Å². The summed E-state index contributed by atoms with van der Waals surface area (Å²) in [5.41, 5.74) is 3.44. The van der Waals surface area contributed by atoms with E-state index >= 15 is 0 Å². The summed E-state index contributed by atoms with van der Waals surface area (Å²) in [6, 6.07) is 23.1. The zero-order valence-corrected chi connectivity index (χ0v) is 18.9. The summed E-state index contributed by atoms with van der Waals surface area (Å²) in [5, 5.41) is 1.71. The Kier molecular flexibility index (Phi) is 5.63. The lowest BCUT2D eigenvalue weighted by molar-refractivity contribution is -0.126. The SMILES string of the molecule is CCOC(=O)c1ccc(N2C(=O)[C@H]3[C@H](ON(c4ccccc4C)[C@@H]3c3ccccc3)C2=O)cc1. The minimum absolute atomic E-state index is 0.267. The van der Waals surface area contributed by atoms with Crippen molar-refractivity contribution in [2.75, 3.05) is 16.6 Å². The second-order valence-corrected chi connectivity index (χ2v) is 8.30. The smallest absolute Gasteiger partial charge is 0.338 e. The van der Waals surface area contributed by atoms with Crippen molar-refractivity contribution in [2.45, 2.75) is 26.0 Å². The lowest BCUT2D eigenvalue weighted by Crippen LogP contribution is -2.37. The maximum Gasteiger partial charge on any atom is 0.338 e. The van der Waals surface area contributed by atoms with Gasteiger partial charge in [-0.25, -0.2) is 14.8 Å². The molecule has 172 valence electrons. The average Bonchev–Trinajstić information content (AvgIpc) is 3.36. The second kappa shape index (κ2) is 8.76. The lowest BCUT2D eigenvalue weighted by atomic mass is 9.90. The highest BCUT2D eigenvalue weighted by molar-refractivity contribution is 6.24. The van der Waals surface area contributed by atoms with Gasteiger partial charge in [-0.1, -0.05) is 48.5 Å². The number of hydroxylamine groups is 1. The van der Waals surface area contributed by atoms with Crippen LogP contribution in [0.3, 0.4) is 0 Å². The summed E-state index contributed by atoms with van der Waals surface area (Å²) in [6.07, 6.45) is -0.943. The van der Waals surface area contributed by atoms with Crippen LogP contribution in [-0.4, -0.2) is 30.5 Å². The van der Waals surface area contributed by atoms with Gasteiger partial charge in [-0.2, -0.15) is 0 Å². The summed E-state index contributed by atoms with van der Waals surface area (Å²) >= 11 is 0. The van der Waals surface area contributed by atoms with Crippen molar-refractivity contribution >= 4 is 29.2 Å². The molecule has 0 aliphatic carbocycles. The van der Waals surface area contributed by atoms with E-state index in [1.54, 1.807) is 36.3 Å². The van der Waals surface area contributed by atoms with Gasteiger partial charge in [0.1, 0.15) is 5.92 Å². The molecule has 5 rings (SSSR count). The molecule has 0 radical (unpaired) electrons. The first-order chi connectivity index (χ1) is 16.5. The van der Waals surface area contributed by atoms with Gasteiger partial charge in [-0.05, 0) is 55.3 Å². The normalized spacial score (nSPS) is 21.6. The van der Waals surface area contributed by atoms with Crippen molar-refractivity contribution in [3.05, 3.63) is 95.6 Å². The van der Waals surface area contributed by atoms with Crippen LogP contribution in [0.25, 0.3) is 0 Å². The van der Waals surface area contributed by atoms with Gasteiger partial charge in [0.25, 0.3) is 5.91 Å². The fourth-order valence-electron chi connectivity index (χ4n) is 4.64. The molecule has 0 spiro atoms. The fraction of sp³-hybridized carbons (Fsp3) is 0.222. The average molecular weight is 456 g/mol. The third-order valence-corrected chi connectivity index (χ3v) is 6.25. The Bertz CT molecular complexity index is 1240. The molecule has 0 aromatic heterocycles. The third kappa shape index (κ3) is 3.54. The van der Waals surface area contributed by atoms with Crippen molar-refractivity contribution in [1.82, 2.24) is 0 Å². The van der Waals surface area contributed by atoms with Crippen LogP contribution in [0.5, 0.6) is 0 Å². The lowest BCUT2D eigenvalue weighted by Gasteiger charge is -2.29. The Morgan fingerprint density at radius 3 is 2.26 bits per heavy atom. The number of hydrogen-bond donors (Lipinski definition) is 0. The third-order valence-electron chi connectivity index (χ3n) is 6.25. The molecule has 2 aliphatic heterocycles. The van der Waals surface area contributed by atoms with Gasteiger partial charge in [-0.3, -0.25) is 14.4 Å². The maximum absolute atomic E-state index is 13.7. The standard InChI is InChI=1S/C27H24N2O5/c1-3-33-27(32)19-13-15-20(16-14-19)28-25(30)22-23(18-10-5-4-6-11-18)29(34-24(22)26(28)31)21-12-8-7-9-17(21)2/h4-16,22-24H,3H2,1-2H3/t22-,23-,24+/m1/s1. The Balaban J connectivity index is 1.51. The minimum Gasteiger partial charge on any atom is -0.462 e. The molecule has 0 N–H and O–H groups in total. The van der Waals surface area contributed by atoms with E-state index in [4.69, 9.17) is 9.57 Å². The van der Waals surface area contributed by atoms with E-state index in [0.29, 0.717) is 11.3 Å². The number of nitrogens with zero attached hydrogens (tertiary/aromatic N) is 2. The van der Waals surface area contributed by atoms with Crippen LogP contribution >= 0.6 is 0 Å². The number of para-hydroxylation sites is 1. The van der Waals surface area contributed by atoms with E-state index in [1.165, 1.54) is 0 Å². The van der Waals surface area contributed by atoms with Crippen LogP contribution in [0.1, 0.15) is 34.5 Å². The molecule has 7 heteroatoms. The molecule has 2 saturated heterocycles. The first kappa shape index (κ1) is 21.9. The van der Waals surface area contributed by atoms with Gasteiger partial charge >= 0.3 is 5.97 Å². The molecule has 2 aliphatic rings. The number of aryl methyl sites for hydroxylation is 1. The van der Waals surface area contributed by atoms with Crippen LogP contribution in [0.4, 0.5) is 11.4 Å². The number of imide groups is 1. The number of esters is 1. The number of rotatable bonds is 5. The van der Waals surface area contributed by atoms with E-state index in [0.717, 1.165) is 21.7 Å². The van der Waals surface area contributed by atoms with Gasteiger partial charge in [0.2, 0.25) is 5.91 Å². The topological polar surface area (TPSA) is 76.2 Å². The molecular weight excluding hydrogens is 432 g/mol. The molecule has 0 unspecified atom stereocenters. The number of anilines is 2. The number of ether oxygens (including phenoxy) is 1. The van der Waals surface area contributed by atoms with Crippen molar-refractivity contribution in [3.63, 3.8) is 0 Å². The first-order valence-corrected chi connectivity index (χ1v) is 11.2. The first-order valence-electron chi connectivity index (χ1n) is 11.2. The monoisotopic (exact) mass is 456 g/mol. The molecule has 2 heterocycles. The summed E-state index contributed by atoms with van der Waals surface area (Å²) < 4.78 is 5.01. The zero-order valence-electron chi connectivity index (χ0n) is 18.9. The molecule has 3 atom stereocenters. The van der Waals surface area contributed by atoms with E-state index in [1.807, 2.05) is 61.5 Å². The van der Waals surface area contributed by atoms with E-state index in [-0.39, 0.29) is 12.5 Å². The molecule has 7 nitrogen and oxygen atoms in total. The van der Waals surface area contributed by atoms with Gasteiger partial charge in [-0.15, -0.1) is 0 Å². The molecule has 2 amide bonds. The number of hydrogen-bond acceptors (Lipinski definition) is 6. The molecule has 0 bridgehead atoms. The van der Waals surface area contributed by atoms with Gasteiger partial charge in [0.05, 0.1) is 29.6 Å². The summed E-state index contributed by atoms with van der Waals surface area (Å²) in [6.45, 7) is 3.97. The molecule has 34 heavy (non-hydrogen) atoms. The van der Waals surface area contributed by atoms with Crippen LogP contribution < -0.4 is 9.96 Å². The van der Waals surface area contributed by atoms with Crippen LogP contribution in [-0.2, 0) is 19.2 Å². The highest BCUT2D eigenvalue weighted by Crippen LogP contribution is 2.48. The van der Waals surface area contributed by atoms with Crippen molar-refractivity contribution in [2.24, 2.45) is 5.92 Å². The predicted molar refractivity (Wildman–Crippen MR) is 126 cm³/mol. The molecule has 3 aromatic rings. The Labute approximate surface area is 197 Å². The molecular formula is C27H24N2O5. The number of fused-ring (bicyclic) bond motifs is 1. The Hall–Kier alpha value is -3.97. The van der Waals surface area contributed by atoms with Crippen LogP contribution in [0, 0.1) is 12.8 Å². The van der Waals surface area contributed by atoms with Crippen LogP contribution in [0.15, 0.2) is 78.9 Å². The second-order valence-electron chi connectivity index (χ2n) is 8.30. The summed E-state index contributed by atoms with van der Waals surface area (Å²) in [7, 11) is 0. The molecule has 3 aromatic carbocycles. The highest BCUT2D eigenvalue weighted by atomic mass is 16.7. The maximum atomic E-state index is 13.7. The Morgan fingerprint density at radius 1 is 0.912 bits per heavy atom. The fourth-order valence-corrected chi connectivity index (χ4v) is 4.64. The Morgan fingerprint density at radius 2 is 1.59 bits per heavy atom. The van der Waals surface area contributed by atoms with Crippen molar-refractivity contribution in [3.8, 4) is 0 Å². The molecule has 2 fully saturated rings. The van der Waals surface area contributed by atoms with Crippen LogP contribution in [0.2, 0.25) is 0 Å². The summed E-state index contributed by atoms with van der Waals surface area (Å²) in [4.78, 5) is 46.4. The molecule has 0 saturated carbocycles. The summed E-state index contributed by atoms with van der Waals surface area (Å²) in [5.74, 6) is -1.91. The highest BCUT2D eigenvalue weighted by Gasteiger charge is 2.60. The largest absolute Gasteiger partial charge is 0.462 e. The number of amides is 2. The predicted octanol–water partition coefficient (Wildman–Crippen LogP) is 4.22. The number of carbonyl (C=O) groups is 3. The minimum atomic E-state index is -0.943. The number of benzene rings is 3. The van der Waals surface area contributed by atoms with E-state index in [9.17, 15) is 14.4 Å². The van der Waals surface area contributed by atoms with Crippen molar-refractivity contribution in [1.29, 1.82) is 0 Å².